The minimum absolute atomic E-state index is 0.0496. The van der Waals surface area contributed by atoms with Crippen LogP contribution in [0.25, 0.3) is 0 Å². The number of hydrogen-bond donors (Lipinski definition) is 0. The minimum Gasteiger partial charge on any atom is -0.497 e. The van der Waals surface area contributed by atoms with Gasteiger partial charge in [-0.3, -0.25) is 9.59 Å². The van der Waals surface area contributed by atoms with Crippen LogP contribution < -0.4 is 4.74 Å². The number of methoxy groups -OCH3 is 1. The number of rotatable bonds is 5. The summed E-state index contributed by atoms with van der Waals surface area (Å²) in [5.74, 6) is 1.17. The van der Waals surface area contributed by atoms with Crippen LogP contribution in [-0.2, 0) is 9.59 Å². The number of ether oxygens (including phenoxy) is 1. The third kappa shape index (κ3) is 4.66. The number of amides is 2. The van der Waals surface area contributed by atoms with E-state index in [4.69, 9.17) is 4.74 Å². The molecule has 1 atom stereocenters. The third-order valence-corrected chi connectivity index (χ3v) is 5.42. The first-order valence-electron chi connectivity index (χ1n) is 8.23. The molecule has 0 aromatic heterocycles. The zero-order chi connectivity index (χ0) is 17.7. The third-order valence-electron chi connectivity index (χ3n) is 4.32. The van der Waals surface area contributed by atoms with Crippen molar-refractivity contribution in [1.29, 1.82) is 0 Å². The molecular weight excluding hydrogens is 324 g/mol. The van der Waals surface area contributed by atoms with Crippen LogP contribution >= 0.6 is 11.8 Å². The SMILES string of the molecule is COc1ccc(S[C@@H](C)C(=O)N2CCC(C(=O)N(C)C)CC2)cc1. The Morgan fingerprint density at radius 1 is 1.21 bits per heavy atom. The Bertz CT molecular complexity index is 566. The molecule has 2 amide bonds. The summed E-state index contributed by atoms with van der Waals surface area (Å²) in [5, 5.41) is -0.139. The lowest BCUT2D eigenvalue weighted by Gasteiger charge is -2.33. The highest BCUT2D eigenvalue weighted by atomic mass is 32.2. The van der Waals surface area contributed by atoms with Gasteiger partial charge in [0, 0.05) is 38.0 Å². The highest BCUT2D eigenvalue weighted by Gasteiger charge is 2.30. The molecule has 0 N–H and O–H groups in total. The Morgan fingerprint density at radius 2 is 1.79 bits per heavy atom. The van der Waals surface area contributed by atoms with Crippen LogP contribution in [0.3, 0.4) is 0 Å². The summed E-state index contributed by atoms with van der Waals surface area (Å²) in [4.78, 5) is 29.2. The highest BCUT2D eigenvalue weighted by Crippen LogP contribution is 2.28. The smallest absolute Gasteiger partial charge is 0.235 e. The first-order chi connectivity index (χ1) is 11.4. The van der Waals surface area contributed by atoms with Crippen molar-refractivity contribution < 1.29 is 14.3 Å². The lowest BCUT2D eigenvalue weighted by Crippen LogP contribution is -2.45. The minimum atomic E-state index is -0.139. The van der Waals surface area contributed by atoms with E-state index in [2.05, 4.69) is 0 Å². The van der Waals surface area contributed by atoms with Gasteiger partial charge in [0.05, 0.1) is 12.4 Å². The summed E-state index contributed by atoms with van der Waals surface area (Å²) >= 11 is 1.55. The summed E-state index contributed by atoms with van der Waals surface area (Å²) < 4.78 is 5.15. The molecule has 132 valence electrons. The van der Waals surface area contributed by atoms with Crippen LogP contribution in [0.15, 0.2) is 29.2 Å². The molecule has 0 saturated carbocycles. The van der Waals surface area contributed by atoms with E-state index in [1.165, 1.54) is 0 Å². The number of carbonyl (C=O) groups is 2. The van der Waals surface area contributed by atoms with Crippen molar-refractivity contribution in [3.63, 3.8) is 0 Å². The van der Waals surface area contributed by atoms with Crippen LogP contribution in [0.5, 0.6) is 5.75 Å². The Balaban J connectivity index is 1.86. The Labute approximate surface area is 148 Å². The molecule has 2 rings (SSSR count). The van der Waals surface area contributed by atoms with Crippen LogP contribution in [0, 0.1) is 5.92 Å². The van der Waals surface area contributed by atoms with Gasteiger partial charge in [-0.15, -0.1) is 11.8 Å². The predicted octanol–water partition coefficient (Wildman–Crippen LogP) is 2.50. The van der Waals surface area contributed by atoms with Gasteiger partial charge in [0.25, 0.3) is 0 Å². The number of piperidine rings is 1. The van der Waals surface area contributed by atoms with Crippen molar-refractivity contribution >= 4 is 23.6 Å². The second kappa shape index (κ2) is 8.42. The maximum atomic E-state index is 12.6. The van der Waals surface area contributed by atoms with E-state index >= 15 is 0 Å². The van der Waals surface area contributed by atoms with Gasteiger partial charge in [-0.05, 0) is 44.0 Å². The van der Waals surface area contributed by atoms with Crippen LogP contribution in [0.4, 0.5) is 0 Å². The summed E-state index contributed by atoms with van der Waals surface area (Å²) in [7, 11) is 5.21. The lowest BCUT2D eigenvalue weighted by atomic mass is 9.95. The summed E-state index contributed by atoms with van der Waals surface area (Å²) in [6.07, 6.45) is 1.51. The molecule has 0 unspecified atom stereocenters. The van der Waals surface area contributed by atoms with E-state index < -0.39 is 0 Å². The first-order valence-corrected chi connectivity index (χ1v) is 9.11. The average molecular weight is 350 g/mol. The van der Waals surface area contributed by atoms with Gasteiger partial charge in [0.1, 0.15) is 5.75 Å². The fraction of sp³-hybridized carbons (Fsp3) is 0.556. The molecule has 24 heavy (non-hydrogen) atoms. The van der Waals surface area contributed by atoms with Crippen molar-refractivity contribution in [3.05, 3.63) is 24.3 Å². The normalized spacial score (nSPS) is 16.6. The van der Waals surface area contributed by atoms with Crippen molar-refractivity contribution in [2.75, 3.05) is 34.3 Å². The molecule has 6 heteroatoms. The predicted molar refractivity (Wildman–Crippen MR) is 96.3 cm³/mol. The second-order valence-corrected chi connectivity index (χ2v) is 7.68. The van der Waals surface area contributed by atoms with E-state index in [0.717, 1.165) is 23.5 Å². The summed E-state index contributed by atoms with van der Waals surface area (Å²) in [5.41, 5.74) is 0. The molecule has 0 aliphatic carbocycles. The van der Waals surface area contributed by atoms with E-state index in [9.17, 15) is 9.59 Å². The molecule has 5 nitrogen and oxygen atoms in total. The molecule has 1 fully saturated rings. The highest BCUT2D eigenvalue weighted by molar-refractivity contribution is 8.00. The van der Waals surface area contributed by atoms with Crippen molar-refractivity contribution in [2.45, 2.75) is 29.9 Å². The van der Waals surface area contributed by atoms with Gasteiger partial charge in [0.2, 0.25) is 11.8 Å². The first kappa shape index (κ1) is 18.6. The van der Waals surface area contributed by atoms with Gasteiger partial charge >= 0.3 is 0 Å². The molecule has 1 heterocycles. The van der Waals surface area contributed by atoms with Gasteiger partial charge < -0.3 is 14.5 Å². The van der Waals surface area contributed by atoms with Crippen molar-refractivity contribution in [3.8, 4) is 5.75 Å². The van der Waals surface area contributed by atoms with Gasteiger partial charge in [-0.2, -0.15) is 0 Å². The molecule has 0 spiro atoms. The largest absolute Gasteiger partial charge is 0.497 e. The lowest BCUT2D eigenvalue weighted by molar-refractivity contribution is -0.138. The van der Waals surface area contributed by atoms with Crippen LogP contribution in [0.2, 0.25) is 0 Å². The van der Waals surface area contributed by atoms with E-state index in [0.29, 0.717) is 13.1 Å². The molecular formula is C18H26N2O3S. The van der Waals surface area contributed by atoms with Crippen LogP contribution in [-0.4, -0.2) is 61.2 Å². The molecule has 0 radical (unpaired) electrons. The molecule has 1 aromatic rings. The average Bonchev–Trinajstić information content (AvgIpc) is 2.61. The molecule has 1 aliphatic heterocycles. The Hall–Kier alpha value is -1.69. The van der Waals surface area contributed by atoms with Crippen LogP contribution in [0.1, 0.15) is 19.8 Å². The number of benzene rings is 1. The number of likely N-dealkylation sites (tertiary alicyclic amines) is 1. The Kier molecular flexibility index (Phi) is 6.54. The standard InChI is InChI=1S/C18H26N2O3S/c1-13(24-16-7-5-15(23-4)6-8-16)17(21)20-11-9-14(10-12-20)18(22)19(2)3/h5-8,13-14H,9-12H2,1-4H3/t13-/m0/s1. The van der Waals surface area contributed by atoms with Crippen molar-refractivity contribution in [1.82, 2.24) is 9.80 Å². The number of thioether (sulfide) groups is 1. The monoisotopic (exact) mass is 350 g/mol. The second-order valence-electron chi connectivity index (χ2n) is 6.27. The maximum Gasteiger partial charge on any atom is 0.235 e. The quantitative estimate of drug-likeness (QED) is 0.766. The fourth-order valence-corrected chi connectivity index (χ4v) is 3.83. The maximum absolute atomic E-state index is 12.6. The van der Waals surface area contributed by atoms with Gasteiger partial charge in [0.15, 0.2) is 0 Å². The van der Waals surface area contributed by atoms with Gasteiger partial charge in [-0.1, -0.05) is 0 Å². The summed E-state index contributed by atoms with van der Waals surface area (Å²) in [6, 6.07) is 7.74. The number of carbonyl (C=O) groups excluding carboxylic acids is 2. The van der Waals surface area contributed by atoms with E-state index in [1.807, 2.05) is 36.1 Å². The number of nitrogens with zero attached hydrogens (tertiary/aromatic N) is 2. The van der Waals surface area contributed by atoms with E-state index in [-0.39, 0.29) is 23.0 Å². The zero-order valence-electron chi connectivity index (χ0n) is 14.8. The van der Waals surface area contributed by atoms with E-state index in [1.54, 1.807) is 37.9 Å². The zero-order valence-corrected chi connectivity index (χ0v) is 15.6. The molecule has 1 saturated heterocycles. The van der Waals surface area contributed by atoms with Crippen molar-refractivity contribution in [2.24, 2.45) is 5.92 Å². The Morgan fingerprint density at radius 3 is 2.29 bits per heavy atom. The molecule has 1 aromatic carbocycles. The van der Waals surface area contributed by atoms with Gasteiger partial charge in [-0.25, -0.2) is 0 Å². The fourth-order valence-electron chi connectivity index (χ4n) is 2.88. The summed E-state index contributed by atoms with van der Waals surface area (Å²) in [6.45, 7) is 3.27. The molecule has 1 aliphatic rings. The number of hydrogen-bond acceptors (Lipinski definition) is 4. The molecule has 0 bridgehead atoms. The topological polar surface area (TPSA) is 49.9 Å².